The van der Waals surface area contributed by atoms with E-state index in [-0.39, 0.29) is 95.3 Å². The van der Waals surface area contributed by atoms with Crippen LogP contribution in [0.4, 0.5) is 5.82 Å². The van der Waals surface area contributed by atoms with Crippen LogP contribution in [-0.2, 0) is 34.4 Å². The second-order valence-electron chi connectivity index (χ2n) is 14.9. The van der Waals surface area contributed by atoms with Gasteiger partial charge in [0.15, 0.2) is 6.10 Å². The Bertz CT molecular complexity index is 2340. The number of ether oxygens (including phenoxy) is 3. The summed E-state index contributed by atoms with van der Waals surface area (Å²) >= 11 is 7.19. The molecule has 25 heteroatoms. The van der Waals surface area contributed by atoms with Gasteiger partial charge in [-0.3, -0.25) is 9.59 Å². The van der Waals surface area contributed by atoms with Crippen LogP contribution >= 0.6 is 73.0 Å². The SMILES string of the molecule is C[C@H](NC(=O)[C@@H](N)CCCCN)C(=O)OC[C@H](COc1ccc(-c2c(C#N)c(N)nc(SCc3coc(-c4ccc(Cl)cc4)n3)c2C#N)cc1)OC(=O)[C@H](C)NC(=O)[C@@H](N)CCCCN.Cl.Cl.Cl.Cl. The Kier molecular flexibility index (Phi) is 30.2. The third-order valence-corrected chi connectivity index (χ3v) is 11.0. The minimum Gasteiger partial charge on any atom is -0.490 e. The number of esters is 2. The molecule has 0 aliphatic rings. The van der Waals surface area contributed by atoms with Gasteiger partial charge in [0, 0.05) is 21.9 Å². The molecule has 19 nitrogen and oxygen atoms in total. The molecule has 0 aliphatic carbocycles. The molecule has 4 aromatic rings. The number of nitrogens with zero attached hydrogens (tertiary/aromatic N) is 4. The van der Waals surface area contributed by atoms with Crippen LogP contribution in [0.15, 0.2) is 64.2 Å². The van der Waals surface area contributed by atoms with E-state index in [0.29, 0.717) is 73.8 Å². The lowest BCUT2D eigenvalue weighted by Gasteiger charge is -2.23. The number of carbonyl (C=O) groups is 4. The molecule has 0 spiro atoms. The molecule has 0 saturated carbocycles. The van der Waals surface area contributed by atoms with Gasteiger partial charge >= 0.3 is 11.9 Å². The average molecular weight is 1080 g/mol. The first-order chi connectivity index (χ1) is 31.2. The number of nitrogens with one attached hydrogen (secondary N) is 2. The third-order valence-electron chi connectivity index (χ3n) is 9.73. The highest BCUT2D eigenvalue weighted by molar-refractivity contribution is 7.98. The van der Waals surface area contributed by atoms with Crippen molar-refractivity contribution in [3.63, 3.8) is 0 Å². The normalized spacial score (nSPS) is 12.5. The van der Waals surface area contributed by atoms with E-state index in [1.54, 1.807) is 48.5 Å². The van der Waals surface area contributed by atoms with Crippen LogP contribution in [0.5, 0.6) is 5.75 Å². The Labute approximate surface area is 434 Å². The van der Waals surface area contributed by atoms with Crippen molar-refractivity contribution >= 4 is 103 Å². The number of carbonyl (C=O) groups excluding carboxylic acids is 4. The van der Waals surface area contributed by atoms with Gasteiger partial charge in [-0.1, -0.05) is 48.3 Å². The highest BCUT2D eigenvalue weighted by Gasteiger charge is 2.28. The molecule has 0 saturated heterocycles. The summed E-state index contributed by atoms with van der Waals surface area (Å²) in [6, 6.07) is 13.6. The van der Waals surface area contributed by atoms with Crippen molar-refractivity contribution in [2.75, 3.05) is 32.0 Å². The highest BCUT2D eigenvalue weighted by atomic mass is 35.5. The summed E-state index contributed by atoms with van der Waals surface area (Å²) in [5.41, 5.74) is 31.4. The Morgan fingerprint density at radius 2 is 1.30 bits per heavy atom. The minimum atomic E-state index is -1.20. The summed E-state index contributed by atoms with van der Waals surface area (Å²) in [6.45, 7) is 2.92. The fraction of sp³-hybridized carbons (Fsp3) is 0.409. The van der Waals surface area contributed by atoms with Crippen LogP contribution in [0.3, 0.4) is 0 Å². The van der Waals surface area contributed by atoms with E-state index in [0.717, 1.165) is 5.56 Å². The molecule has 0 fully saturated rings. The topological polar surface area (TPSA) is 337 Å². The van der Waals surface area contributed by atoms with Crippen LogP contribution in [-0.4, -0.2) is 90.3 Å². The fourth-order valence-electron chi connectivity index (χ4n) is 6.06. The second kappa shape index (κ2) is 32.7. The number of nitriles is 2. The van der Waals surface area contributed by atoms with Crippen molar-refractivity contribution in [1.29, 1.82) is 10.5 Å². The average Bonchev–Trinajstić information content (AvgIpc) is 3.78. The molecule has 5 atom stereocenters. The van der Waals surface area contributed by atoms with Gasteiger partial charge in [0.25, 0.3) is 0 Å². The van der Waals surface area contributed by atoms with E-state index in [4.69, 9.17) is 58.9 Å². The van der Waals surface area contributed by atoms with Crippen LogP contribution < -0.4 is 44.0 Å². The summed E-state index contributed by atoms with van der Waals surface area (Å²) in [6.07, 6.45) is 3.68. The lowest BCUT2D eigenvalue weighted by atomic mass is 9.97. The number of benzene rings is 2. The predicted molar refractivity (Wildman–Crippen MR) is 272 cm³/mol. The lowest BCUT2D eigenvalue weighted by molar-refractivity contribution is -0.163. The van der Waals surface area contributed by atoms with Crippen molar-refractivity contribution in [1.82, 2.24) is 20.6 Å². The van der Waals surface area contributed by atoms with Gasteiger partial charge in [0.2, 0.25) is 17.7 Å². The monoisotopic (exact) mass is 1080 g/mol. The van der Waals surface area contributed by atoms with Crippen molar-refractivity contribution < 1.29 is 37.8 Å². The molecule has 2 amide bonds. The first kappa shape index (κ1) is 63.9. The number of nitrogens with two attached hydrogens (primary N) is 5. The molecule has 0 aliphatic heterocycles. The first-order valence-corrected chi connectivity index (χ1v) is 22.1. The number of aromatic nitrogens is 2. The molecule has 0 unspecified atom stereocenters. The van der Waals surface area contributed by atoms with E-state index in [9.17, 15) is 29.7 Å². The maximum atomic E-state index is 13.2. The smallest absolute Gasteiger partial charge is 0.328 e. The van der Waals surface area contributed by atoms with E-state index < -0.39 is 60.6 Å². The molecule has 378 valence electrons. The van der Waals surface area contributed by atoms with Crippen LogP contribution in [0.1, 0.15) is 69.2 Å². The van der Waals surface area contributed by atoms with Crippen molar-refractivity contribution in [2.45, 2.75) is 93.4 Å². The van der Waals surface area contributed by atoms with Crippen LogP contribution in [0, 0.1) is 22.7 Å². The number of anilines is 1. The quantitative estimate of drug-likeness (QED) is 0.0257. The Hall–Kier alpha value is -5.10. The zero-order valence-corrected chi connectivity index (χ0v) is 42.6. The predicted octanol–water partition coefficient (Wildman–Crippen LogP) is 5.12. The molecular formula is C44H58Cl5N11O8S. The van der Waals surface area contributed by atoms with Crippen molar-refractivity contribution in [2.24, 2.45) is 22.9 Å². The van der Waals surface area contributed by atoms with Crippen molar-refractivity contribution in [3.8, 4) is 40.5 Å². The highest BCUT2D eigenvalue weighted by Crippen LogP contribution is 2.37. The van der Waals surface area contributed by atoms with E-state index >= 15 is 0 Å². The molecule has 0 radical (unpaired) electrons. The van der Waals surface area contributed by atoms with Crippen LogP contribution in [0.25, 0.3) is 22.6 Å². The summed E-state index contributed by atoms with van der Waals surface area (Å²) in [7, 11) is 0. The fourth-order valence-corrected chi connectivity index (χ4v) is 7.06. The Balaban J connectivity index is 0.0000116. The maximum Gasteiger partial charge on any atom is 0.328 e. The molecule has 2 heterocycles. The number of thioether (sulfide) groups is 1. The standard InChI is InChI=1S/C44H54ClN11O8S.4ClH/c1-25(53-39(57)35(50)7-3-5-17-46)43(59)63-23-32(64-44(60)26(2)54-40(58)36(51)8-4-6-18-47)22-61-31-15-11-27(12-16-31)37-33(19-48)38(52)56-42(34(37)20-49)65-24-30-21-62-41(55-30)28-9-13-29(45)14-10-28;;;;/h9-16,21,25-26,32,35-36H,3-8,17-18,22-24,46-47,50-51H2,1-2H3,(H2,52,56)(H,53,57)(H,54,58);4*1H/t25-,26-,32-,35-,36-;;;;/m0..../s1. The molecule has 12 N–H and O–H groups in total. The van der Waals surface area contributed by atoms with Gasteiger partial charge in [-0.05, 0) is 94.6 Å². The van der Waals surface area contributed by atoms with E-state index in [1.165, 1.54) is 31.9 Å². The largest absolute Gasteiger partial charge is 0.490 e. The number of oxazole rings is 1. The first-order valence-electron chi connectivity index (χ1n) is 20.8. The number of amides is 2. The Morgan fingerprint density at radius 1 is 0.768 bits per heavy atom. The molecule has 4 rings (SSSR count). The number of hydrogen-bond donors (Lipinski definition) is 7. The number of unbranched alkanes of at least 4 members (excludes halogenated alkanes) is 2. The maximum absolute atomic E-state index is 13.2. The second-order valence-corrected chi connectivity index (χ2v) is 16.3. The lowest BCUT2D eigenvalue weighted by Crippen LogP contribution is -2.49. The van der Waals surface area contributed by atoms with E-state index in [2.05, 4.69) is 32.7 Å². The van der Waals surface area contributed by atoms with Gasteiger partial charge in [0.1, 0.15) is 65.9 Å². The van der Waals surface area contributed by atoms with Crippen LogP contribution in [0.2, 0.25) is 5.02 Å². The zero-order chi connectivity index (χ0) is 47.5. The van der Waals surface area contributed by atoms with Gasteiger partial charge < -0.3 is 57.9 Å². The van der Waals surface area contributed by atoms with Gasteiger partial charge in [0.05, 0.1) is 23.3 Å². The summed E-state index contributed by atoms with van der Waals surface area (Å²) in [5.74, 6) is -1.95. The summed E-state index contributed by atoms with van der Waals surface area (Å²) in [5, 5.41) is 26.3. The minimum absolute atomic E-state index is 0. The van der Waals surface area contributed by atoms with Gasteiger partial charge in [-0.25, -0.2) is 19.6 Å². The zero-order valence-electron chi connectivity index (χ0n) is 37.7. The Morgan fingerprint density at radius 3 is 1.84 bits per heavy atom. The molecule has 2 aromatic carbocycles. The summed E-state index contributed by atoms with van der Waals surface area (Å²) in [4.78, 5) is 60.3. The third kappa shape index (κ3) is 19.7. The van der Waals surface area contributed by atoms with Crippen molar-refractivity contribution in [3.05, 3.63) is 76.6 Å². The van der Waals surface area contributed by atoms with E-state index in [1.807, 2.05) is 0 Å². The summed E-state index contributed by atoms with van der Waals surface area (Å²) < 4.78 is 22.7. The number of rotatable bonds is 25. The molecule has 69 heavy (non-hydrogen) atoms. The van der Waals surface area contributed by atoms with Gasteiger partial charge in [-0.15, -0.1) is 49.6 Å². The molecular weight excluding hydrogens is 1020 g/mol. The van der Waals surface area contributed by atoms with Gasteiger partial charge in [-0.2, -0.15) is 10.5 Å². The molecule has 0 bridgehead atoms. The number of halogens is 5. The molecule has 2 aromatic heterocycles. The number of nitrogen functional groups attached to an aromatic ring is 1. The number of pyridine rings is 1. The number of hydrogen-bond acceptors (Lipinski definition) is 18.